The van der Waals surface area contributed by atoms with Crippen LogP contribution in [0.25, 0.3) is 0 Å². The Balaban J connectivity index is 0. The van der Waals surface area contributed by atoms with Gasteiger partial charge in [0.1, 0.15) is 0 Å². The van der Waals surface area contributed by atoms with Crippen LogP contribution in [0.2, 0.25) is 0 Å². The summed E-state index contributed by atoms with van der Waals surface area (Å²) in [6, 6.07) is 0. The maximum absolute atomic E-state index is 3.67. The zero-order valence-electron chi connectivity index (χ0n) is 8.20. The molecule has 1 unspecified atom stereocenters. The molecule has 0 amide bonds. The van der Waals surface area contributed by atoms with Crippen LogP contribution < -0.4 is 0 Å². The van der Waals surface area contributed by atoms with Crippen LogP contribution in [0.3, 0.4) is 0 Å². The van der Waals surface area contributed by atoms with E-state index in [0.29, 0.717) is 4.95 Å². The summed E-state index contributed by atoms with van der Waals surface area (Å²) in [4.78, 5) is 5.47. The number of halogens is 3. The minimum Gasteiger partial charge on any atom is -0.304 e. The van der Waals surface area contributed by atoms with Gasteiger partial charge in [-0.1, -0.05) is 22.9 Å². The minimum atomic E-state index is 0. The van der Waals surface area contributed by atoms with Crippen molar-refractivity contribution in [3.8, 4) is 0 Å². The first-order valence-corrected chi connectivity index (χ1v) is 5.22. The van der Waals surface area contributed by atoms with Gasteiger partial charge in [0.2, 0.25) is 0 Å². The van der Waals surface area contributed by atoms with Crippen molar-refractivity contribution >= 4 is 49.9 Å². The van der Waals surface area contributed by atoms with E-state index >= 15 is 0 Å². The van der Waals surface area contributed by atoms with Crippen molar-refractivity contribution in [3.63, 3.8) is 0 Å². The van der Waals surface area contributed by atoms with Crippen molar-refractivity contribution in [2.45, 2.75) is 18.3 Å². The fourth-order valence-electron chi connectivity index (χ4n) is 1.36. The lowest BCUT2D eigenvalue weighted by Gasteiger charge is -2.35. The highest BCUT2D eigenvalue weighted by Gasteiger charge is 2.18. The van der Waals surface area contributed by atoms with Crippen molar-refractivity contribution in [1.29, 1.82) is 0 Å². The van der Waals surface area contributed by atoms with Crippen molar-refractivity contribution < 1.29 is 0 Å². The highest BCUT2D eigenvalue weighted by atomic mass is 79.9. The summed E-state index contributed by atoms with van der Waals surface area (Å²) in [6.07, 6.45) is 1.20. The van der Waals surface area contributed by atoms with Crippen molar-refractivity contribution in [2.24, 2.45) is 0 Å². The van der Waals surface area contributed by atoms with E-state index in [1.807, 2.05) is 0 Å². The van der Waals surface area contributed by atoms with Gasteiger partial charge in [0, 0.05) is 26.2 Å². The number of likely N-dealkylation sites (N-methyl/N-ethyl adjacent to an activating group) is 1. The first-order valence-electron chi connectivity index (χ1n) is 4.30. The number of hydrogen-bond acceptors (Lipinski definition) is 2. The van der Waals surface area contributed by atoms with Crippen LogP contribution in [0.1, 0.15) is 13.3 Å². The molecule has 1 heterocycles. The van der Waals surface area contributed by atoms with E-state index in [2.05, 4.69) is 39.7 Å². The molecule has 13 heavy (non-hydrogen) atoms. The van der Waals surface area contributed by atoms with Crippen LogP contribution in [0, 0.1) is 0 Å². The largest absolute Gasteiger partial charge is 0.304 e. The molecule has 0 radical (unpaired) electrons. The Kier molecular flexibility index (Phi) is 11.2. The number of nitrogens with zero attached hydrogens (tertiary/aromatic N) is 2. The fraction of sp³-hybridized carbons (Fsp3) is 1.00. The molecule has 0 spiro atoms. The molecule has 1 saturated heterocycles. The first kappa shape index (κ1) is 16.8. The molecule has 2 nitrogen and oxygen atoms in total. The van der Waals surface area contributed by atoms with Crippen molar-refractivity contribution in [3.05, 3.63) is 0 Å². The van der Waals surface area contributed by atoms with Gasteiger partial charge in [-0.3, -0.25) is 4.90 Å². The standard InChI is InChI=1S/C8H17BrN2.2BrH/c1-3-8(9)11-6-4-10(2)5-7-11;;/h8H,3-7H2,1-2H3;2*1H. The second-order valence-electron chi connectivity index (χ2n) is 3.18. The quantitative estimate of drug-likeness (QED) is 0.535. The van der Waals surface area contributed by atoms with Crippen LogP contribution in [0.15, 0.2) is 0 Å². The molecule has 0 bridgehead atoms. The normalized spacial score (nSPS) is 21.5. The lowest BCUT2D eigenvalue weighted by molar-refractivity contribution is 0.145. The summed E-state index contributed by atoms with van der Waals surface area (Å²) in [7, 11) is 2.19. The first-order chi connectivity index (χ1) is 5.24. The third-order valence-electron chi connectivity index (χ3n) is 2.27. The highest BCUT2D eigenvalue weighted by Crippen LogP contribution is 2.13. The van der Waals surface area contributed by atoms with Gasteiger partial charge in [-0.15, -0.1) is 34.0 Å². The molecule has 0 aromatic rings. The average molecular weight is 383 g/mol. The Labute approximate surface area is 111 Å². The molecule has 1 atom stereocenters. The van der Waals surface area contributed by atoms with Gasteiger partial charge in [0.05, 0.1) is 4.95 Å². The summed E-state index contributed by atoms with van der Waals surface area (Å²) >= 11 is 3.67. The lowest BCUT2D eigenvalue weighted by atomic mass is 10.3. The summed E-state index contributed by atoms with van der Waals surface area (Å²) in [5.74, 6) is 0. The molecule has 0 aromatic carbocycles. The van der Waals surface area contributed by atoms with E-state index in [0.717, 1.165) is 0 Å². The molecule has 1 fully saturated rings. The zero-order chi connectivity index (χ0) is 8.27. The Bertz CT molecular complexity index is 116. The smallest absolute Gasteiger partial charge is 0.0653 e. The Hall–Kier alpha value is 1.36. The van der Waals surface area contributed by atoms with Crippen LogP contribution >= 0.6 is 49.9 Å². The van der Waals surface area contributed by atoms with Gasteiger partial charge in [0.15, 0.2) is 0 Å². The lowest BCUT2D eigenvalue weighted by Crippen LogP contribution is -2.47. The number of alkyl halides is 1. The highest BCUT2D eigenvalue weighted by molar-refractivity contribution is 9.09. The second-order valence-corrected chi connectivity index (χ2v) is 4.24. The predicted molar refractivity (Wildman–Crippen MR) is 72.7 cm³/mol. The molecule has 0 saturated carbocycles. The molecular formula is C8H19Br3N2. The molecule has 1 rings (SSSR count). The molecule has 5 heteroatoms. The summed E-state index contributed by atoms with van der Waals surface area (Å²) < 4.78 is 0. The Morgan fingerprint density at radius 1 is 1.15 bits per heavy atom. The molecule has 1 aliphatic heterocycles. The molecule has 0 aromatic heterocycles. The van der Waals surface area contributed by atoms with Gasteiger partial charge in [-0.2, -0.15) is 0 Å². The van der Waals surface area contributed by atoms with Gasteiger partial charge in [0.25, 0.3) is 0 Å². The van der Waals surface area contributed by atoms with E-state index in [9.17, 15) is 0 Å². The van der Waals surface area contributed by atoms with E-state index in [-0.39, 0.29) is 34.0 Å². The van der Waals surface area contributed by atoms with Crippen LogP contribution in [-0.4, -0.2) is 48.0 Å². The minimum absolute atomic E-state index is 0. The third-order valence-corrected chi connectivity index (χ3v) is 3.50. The molecule has 1 aliphatic rings. The van der Waals surface area contributed by atoms with Crippen LogP contribution in [-0.2, 0) is 0 Å². The van der Waals surface area contributed by atoms with E-state index < -0.39 is 0 Å². The van der Waals surface area contributed by atoms with E-state index in [4.69, 9.17) is 0 Å². The second kappa shape index (κ2) is 8.65. The number of hydrogen-bond donors (Lipinski definition) is 0. The molecule has 0 N–H and O–H groups in total. The number of rotatable bonds is 2. The van der Waals surface area contributed by atoms with Crippen molar-refractivity contribution in [1.82, 2.24) is 9.80 Å². The fourth-order valence-corrected chi connectivity index (χ4v) is 1.77. The third kappa shape index (κ3) is 5.72. The van der Waals surface area contributed by atoms with Gasteiger partial charge >= 0.3 is 0 Å². The maximum atomic E-state index is 3.67. The molecule has 0 aliphatic carbocycles. The van der Waals surface area contributed by atoms with E-state index in [1.165, 1.54) is 32.6 Å². The van der Waals surface area contributed by atoms with Crippen LogP contribution in [0.4, 0.5) is 0 Å². The Morgan fingerprint density at radius 3 is 2.00 bits per heavy atom. The van der Waals surface area contributed by atoms with Crippen LogP contribution in [0.5, 0.6) is 0 Å². The maximum Gasteiger partial charge on any atom is 0.0653 e. The van der Waals surface area contributed by atoms with Gasteiger partial charge in [-0.05, 0) is 13.5 Å². The number of piperazine rings is 1. The SMILES string of the molecule is Br.Br.CCC(Br)N1CCN(C)CC1. The van der Waals surface area contributed by atoms with E-state index in [1.54, 1.807) is 0 Å². The zero-order valence-corrected chi connectivity index (χ0v) is 13.2. The summed E-state index contributed by atoms with van der Waals surface area (Å²) in [6.45, 7) is 7.06. The average Bonchev–Trinajstić information content (AvgIpc) is 2.05. The van der Waals surface area contributed by atoms with Crippen molar-refractivity contribution in [2.75, 3.05) is 33.2 Å². The topological polar surface area (TPSA) is 6.48 Å². The Morgan fingerprint density at radius 2 is 1.62 bits per heavy atom. The van der Waals surface area contributed by atoms with Gasteiger partial charge in [-0.25, -0.2) is 0 Å². The summed E-state index contributed by atoms with van der Waals surface area (Å²) in [5.41, 5.74) is 0. The monoisotopic (exact) mass is 380 g/mol. The predicted octanol–water partition coefficient (Wildman–Crippen LogP) is 2.52. The van der Waals surface area contributed by atoms with Gasteiger partial charge < -0.3 is 4.90 Å². The molecule has 82 valence electrons. The summed E-state index contributed by atoms with van der Waals surface area (Å²) in [5, 5.41) is 0. The molecular weight excluding hydrogens is 364 g/mol.